The number of aryl methyl sites for hydroxylation is 1. The molecule has 1 amide bonds. The minimum absolute atomic E-state index is 0.163. The molecule has 22 heavy (non-hydrogen) atoms. The lowest BCUT2D eigenvalue weighted by molar-refractivity contribution is -0.260. The van der Waals surface area contributed by atoms with Crippen molar-refractivity contribution in [2.45, 2.75) is 24.1 Å². The van der Waals surface area contributed by atoms with Gasteiger partial charge in [0.25, 0.3) is 5.60 Å². The highest BCUT2D eigenvalue weighted by molar-refractivity contribution is 6.35. The number of benzene rings is 1. The van der Waals surface area contributed by atoms with E-state index in [1.54, 1.807) is 19.1 Å². The smallest absolute Gasteiger partial charge is 0.430 e. The standard InChI is InChI=1S/C13H13ClF3NO4/c1-7-3-5-8(6-4-7)18-10(19)9(14)12(21,11(20)22-2)13(15,16)17/h3-6,9,21H,1-2H3,(H,18,19)/t9-,12+/m1/s1. The zero-order valence-electron chi connectivity index (χ0n) is 11.6. The predicted molar refractivity (Wildman–Crippen MR) is 72.5 cm³/mol. The Labute approximate surface area is 129 Å². The van der Waals surface area contributed by atoms with E-state index in [4.69, 9.17) is 11.6 Å². The van der Waals surface area contributed by atoms with Crippen molar-refractivity contribution in [3.8, 4) is 0 Å². The number of rotatable bonds is 4. The molecule has 2 atom stereocenters. The number of carbonyl (C=O) groups excluding carboxylic acids is 2. The number of hydrogen-bond acceptors (Lipinski definition) is 4. The van der Waals surface area contributed by atoms with Crippen LogP contribution in [0.3, 0.4) is 0 Å². The van der Waals surface area contributed by atoms with Gasteiger partial charge in [-0.15, -0.1) is 11.6 Å². The molecule has 0 saturated heterocycles. The van der Waals surface area contributed by atoms with E-state index >= 15 is 0 Å². The van der Waals surface area contributed by atoms with Gasteiger partial charge in [-0.2, -0.15) is 13.2 Å². The summed E-state index contributed by atoms with van der Waals surface area (Å²) < 4.78 is 42.7. The Kier molecular flexibility index (Phi) is 5.42. The first-order valence-corrected chi connectivity index (χ1v) is 6.36. The van der Waals surface area contributed by atoms with E-state index < -0.39 is 29.0 Å². The molecule has 0 aliphatic rings. The highest BCUT2D eigenvalue weighted by Crippen LogP contribution is 2.37. The number of halogens is 4. The van der Waals surface area contributed by atoms with E-state index in [2.05, 4.69) is 10.1 Å². The first kappa shape index (κ1) is 18.2. The van der Waals surface area contributed by atoms with Crippen molar-refractivity contribution in [1.29, 1.82) is 0 Å². The fourth-order valence-corrected chi connectivity index (χ4v) is 1.82. The van der Waals surface area contributed by atoms with Crippen molar-refractivity contribution < 1.29 is 32.6 Å². The maximum absolute atomic E-state index is 12.9. The lowest BCUT2D eigenvalue weighted by Gasteiger charge is -2.30. The summed E-state index contributed by atoms with van der Waals surface area (Å²) >= 11 is 5.40. The average molecular weight is 340 g/mol. The Hall–Kier alpha value is -1.80. The number of nitrogens with one attached hydrogen (secondary N) is 1. The molecule has 0 spiro atoms. The summed E-state index contributed by atoms with van der Waals surface area (Å²) in [6.45, 7) is 1.77. The van der Waals surface area contributed by atoms with Gasteiger partial charge in [0, 0.05) is 5.69 Å². The molecule has 5 nitrogen and oxygen atoms in total. The zero-order valence-corrected chi connectivity index (χ0v) is 12.3. The van der Waals surface area contributed by atoms with Gasteiger partial charge in [-0.3, -0.25) is 4.79 Å². The lowest BCUT2D eigenvalue weighted by Crippen LogP contribution is -2.62. The maximum Gasteiger partial charge on any atom is 0.430 e. The molecule has 1 aromatic carbocycles. The number of esters is 1. The summed E-state index contributed by atoms with van der Waals surface area (Å²) in [7, 11) is 0.639. The number of hydrogen-bond donors (Lipinski definition) is 2. The highest BCUT2D eigenvalue weighted by atomic mass is 35.5. The second-order valence-corrected chi connectivity index (χ2v) is 4.91. The first-order chi connectivity index (χ1) is 10.0. The van der Waals surface area contributed by atoms with Crippen LogP contribution in [0.5, 0.6) is 0 Å². The Morgan fingerprint density at radius 1 is 1.27 bits per heavy atom. The molecule has 0 unspecified atom stereocenters. The van der Waals surface area contributed by atoms with E-state index in [-0.39, 0.29) is 5.69 Å². The monoisotopic (exact) mass is 339 g/mol. The van der Waals surface area contributed by atoms with Gasteiger partial charge in [0.2, 0.25) is 5.91 Å². The Morgan fingerprint density at radius 2 is 1.77 bits per heavy atom. The van der Waals surface area contributed by atoms with Crippen LogP contribution in [0.15, 0.2) is 24.3 Å². The summed E-state index contributed by atoms with van der Waals surface area (Å²) in [4.78, 5) is 23.1. The van der Waals surface area contributed by atoms with Crippen LogP contribution in [0.2, 0.25) is 0 Å². The number of aliphatic hydroxyl groups is 1. The van der Waals surface area contributed by atoms with Crippen LogP contribution in [-0.2, 0) is 14.3 Å². The van der Waals surface area contributed by atoms with Crippen molar-refractivity contribution >= 4 is 29.2 Å². The molecule has 0 heterocycles. The third-order valence-corrected chi connectivity index (χ3v) is 3.36. The maximum atomic E-state index is 12.9. The second kappa shape index (κ2) is 6.53. The Bertz CT molecular complexity index is 561. The summed E-state index contributed by atoms with van der Waals surface area (Å²) in [6, 6.07) is 6.08. The average Bonchev–Trinajstić information content (AvgIpc) is 2.45. The second-order valence-electron chi connectivity index (χ2n) is 4.47. The van der Waals surface area contributed by atoms with Gasteiger partial charge in [-0.05, 0) is 19.1 Å². The highest BCUT2D eigenvalue weighted by Gasteiger charge is 2.67. The molecule has 0 bridgehead atoms. The predicted octanol–water partition coefficient (Wildman–Crippen LogP) is 2.01. The van der Waals surface area contributed by atoms with Gasteiger partial charge in [-0.1, -0.05) is 17.7 Å². The molecule has 1 aromatic rings. The number of methoxy groups -OCH3 is 1. The molecule has 0 aliphatic carbocycles. The SMILES string of the molecule is COC(=O)[C@@](O)([C@H](Cl)C(=O)Nc1ccc(C)cc1)C(F)(F)F. The molecule has 0 saturated carbocycles. The van der Waals surface area contributed by atoms with Gasteiger partial charge in [0.1, 0.15) is 0 Å². The number of carbonyl (C=O) groups is 2. The van der Waals surface area contributed by atoms with E-state index in [0.29, 0.717) is 7.11 Å². The summed E-state index contributed by atoms with van der Waals surface area (Å²) in [5.41, 5.74) is -3.13. The quantitative estimate of drug-likeness (QED) is 0.650. The van der Waals surface area contributed by atoms with E-state index in [9.17, 15) is 27.9 Å². The topological polar surface area (TPSA) is 75.6 Å². The van der Waals surface area contributed by atoms with E-state index in [1.807, 2.05) is 0 Å². The number of amides is 1. The minimum atomic E-state index is -5.49. The van der Waals surface area contributed by atoms with Crippen molar-refractivity contribution in [2.24, 2.45) is 0 Å². The van der Waals surface area contributed by atoms with Crippen LogP contribution in [0.1, 0.15) is 5.56 Å². The Morgan fingerprint density at radius 3 is 2.18 bits per heavy atom. The van der Waals surface area contributed by atoms with E-state index in [0.717, 1.165) is 5.56 Å². The number of anilines is 1. The molecule has 1 rings (SSSR count). The largest absolute Gasteiger partial charge is 0.467 e. The molecule has 122 valence electrons. The zero-order chi connectivity index (χ0) is 17.1. The van der Waals surface area contributed by atoms with Gasteiger partial charge in [0.05, 0.1) is 7.11 Å². The normalized spacial score (nSPS) is 15.6. The summed E-state index contributed by atoms with van der Waals surface area (Å²) in [5.74, 6) is -3.46. The van der Waals surface area contributed by atoms with Crippen LogP contribution in [0, 0.1) is 6.92 Å². The lowest BCUT2D eigenvalue weighted by atomic mass is 9.97. The fourth-order valence-electron chi connectivity index (χ4n) is 1.55. The molecule has 9 heteroatoms. The molecule has 0 aliphatic heterocycles. The summed E-state index contributed by atoms with van der Waals surface area (Å²) in [6.07, 6.45) is -5.49. The third-order valence-electron chi connectivity index (χ3n) is 2.84. The van der Waals surface area contributed by atoms with Crippen LogP contribution in [0.25, 0.3) is 0 Å². The van der Waals surface area contributed by atoms with Crippen LogP contribution in [-0.4, -0.2) is 41.2 Å². The fraction of sp³-hybridized carbons (Fsp3) is 0.385. The van der Waals surface area contributed by atoms with E-state index in [1.165, 1.54) is 12.1 Å². The molecule has 2 N–H and O–H groups in total. The first-order valence-electron chi connectivity index (χ1n) is 5.93. The molecule has 0 aromatic heterocycles. The molecule has 0 fully saturated rings. The van der Waals surface area contributed by atoms with Crippen LogP contribution < -0.4 is 5.32 Å². The minimum Gasteiger partial charge on any atom is -0.467 e. The summed E-state index contributed by atoms with van der Waals surface area (Å²) in [5, 5.41) is 9.05. The van der Waals surface area contributed by atoms with Crippen LogP contribution >= 0.6 is 11.6 Å². The van der Waals surface area contributed by atoms with Crippen molar-refractivity contribution in [2.75, 3.05) is 12.4 Å². The number of alkyl halides is 4. The van der Waals surface area contributed by atoms with Crippen molar-refractivity contribution in [3.05, 3.63) is 29.8 Å². The van der Waals surface area contributed by atoms with Gasteiger partial charge in [-0.25, -0.2) is 4.79 Å². The van der Waals surface area contributed by atoms with Crippen LogP contribution in [0.4, 0.5) is 18.9 Å². The van der Waals surface area contributed by atoms with Crippen molar-refractivity contribution in [3.63, 3.8) is 0 Å². The molecule has 0 radical (unpaired) electrons. The number of ether oxygens (including phenoxy) is 1. The molecular weight excluding hydrogens is 327 g/mol. The van der Waals surface area contributed by atoms with Gasteiger partial charge < -0.3 is 15.2 Å². The van der Waals surface area contributed by atoms with Gasteiger partial charge in [0.15, 0.2) is 5.38 Å². The van der Waals surface area contributed by atoms with Crippen molar-refractivity contribution in [1.82, 2.24) is 0 Å². The van der Waals surface area contributed by atoms with Gasteiger partial charge >= 0.3 is 12.1 Å². The Balaban J connectivity index is 3.04. The molecular formula is C13H13ClF3NO4. The third kappa shape index (κ3) is 3.50.